The van der Waals surface area contributed by atoms with Crippen LogP contribution in [0.5, 0.6) is 0 Å². The van der Waals surface area contributed by atoms with Gasteiger partial charge in [0.2, 0.25) is 0 Å². The lowest BCUT2D eigenvalue weighted by Gasteiger charge is -2.05. The van der Waals surface area contributed by atoms with E-state index in [1.807, 2.05) is 7.05 Å². The van der Waals surface area contributed by atoms with E-state index in [-0.39, 0.29) is 5.69 Å². The molecular formula is C15H18N2O2. The maximum absolute atomic E-state index is 11.1. The van der Waals surface area contributed by atoms with Gasteiger partial charge in [-0.2, -0.15) is 0 Å². The Labute approximate surface area is 112 Å². The number of imidazole rings is 1. The summed E-state index contributed by atoms with van der Waals surface area (Å²) in [5.41, 5.74) is 3.46. The van der Waals surface area contributed by atoms with E-state index in [0.717, 1.165) is 18.5 Å². The molecule has 0 unspecified atom stereocenters. The maximum Gasteiger partial charge on any atom is 0.356 e. The Morgan fingerprint density at radius 1 is 1.21 bits per heavy atom. The van der Waals surface area contributed by atoms with Gasteiger partial charge in [0.25, 0.3) is 0 Å². The van der Waals surface area contributed by atoms with Gasteiger partial charge < -0.3 is 9.67 Å². The zero-order valence-corrected chi connectivity index (χ0v) is 11.3. The number of carboxylic acid groups (broad SMARTS) is 1. The smallest absolute Gasteiger partial charge is 0.356 e. The van der Waals surface area contributed by atoms with Crippen LogP contribution in [0.1, 0.15) is 34.2 Å². The van der Waals surface area contributed by atoms with Crippen molar-refractivity contribution in [1.82, 2.24) is 9.55 Å². The number of benzene rings is 1. The monoisotopic (exact) mass is 258 g/mol. The van der Waals surface area contributed by atoms with E-state index in [9.17, 15) is 4.79 Å². The van der Waals surface area contributed by atoms with Gasteiger partial charge >= 0.3 is 5.97 Å². The molecule has 1 aromatic carbocycles. The van der Waals surface area contributed by atoms with Crippen LogP contribution in [-0.4, -0.2) is 20.6 Å². The number of aromatic carboxylic acids is 1. The summed E-state index contributed by atoms with van der Waals surface area (Å²) in [6.07, 6.45) is 4.09. The first-order valence-corrected chi connectivity index (χ1v) is 6.43. The number of hydrogen-bond donors (Lipinski definition) is 1. The molecule has 0 saturated heterocycles. The van der Waals surface area contributed by atoms with Crippen LogP contribution in [0, 0.1) is 0 Å². The van der Waals surface area contributed by atoms with Gasteiger partial charge in [-0.15, -0.1) is 0 Å². The standard InChI is InChI=1S/C15H18N2O2/c1-3-11-4-6-12(7-5-11)8-9-13-14(15(18)19)16-10-17(13)2/h4-7,10H,3,8-9H2,1-2H3,(H,18,19). The average molecular weight is 258 g/mol. The number of nitrogens with zero attached hydrogens (tertiary/aromatic N) is 2. The van der Waals surface area contributed by atoms with Crippen LogP contribution in [0.2, 0.25) is 0 Å². The highest BCUT2D eigenvalue weighted by Crippen LogP contribution is 2.12. The molecule has 0 aliphatic rings. The van der Waals surface area contributed by atoms with Gasteiger partial charge in [0.1, 0.15) is 0 Å². The van der Waals surface area contributed by atoms with Crippen LogP contribution in [0.15, 0.2) is 30.6 Å². The minimum absolute atomic E-state index is 0.160. The largest absolute Gasteiger partial charge is 0.476 e. The van der Waals surface area contributed by atoms with Gasteiger partial charge in [-0.05, 0) is 30.4 Å². The predicted molar refractivity (Wildman–Crippen MR) is 73.4 cm³/mol. The zero-order valence-electron chi connectivity index (χ0n) is 11.3. The molecule has 0 aliphatic heterocycles. The van der Waals surface area contributed by atoms with Crippen molar-refractivity contribution in [3.05, 3.63) is 53.1 Å². The molecule has 0 saturated carbocycles. The summed E-state index contributed by atoms with van der Waals surface area (Å²) in [5.74, 6) is -0.961. The van der Waals surface area contributed by atoms with E-state index in [1.54, 1.807) is 10.9 Å². The first-order chi connectivity index (χ1) is 9.11. The van der Waals surface area contributed by atoms with Crippen LogP contribution in [-0.2, 0) is 26.3 Å². The van der Waals surface area contributed by atoms with Crippen LogP contribution in [0.3, 0.4) is 0 Å². The lowest BCUT2D eigenvalue weighted by Crippen LogP contribution is -2.06. The predicted octanol–water partition coefficient (Wildman–Crippen LogP) is 2.47. The molecule has 0 radical (unpaired) electrons. The summed E-state index contributed by atoms with van der Waals surface area (Å²) in [4.78, 5) is 15.0. The van der Waals surface area contributed by atoms with Crippen LogP contribution in [0.25, 0.3) is 0 Å². The second-order valence-corrected chi connectivity index (χ2v) is 4.63. The maximum atomic E-state index is 11.1. The third kappa shape index (κ3) is 3.02. The minimum atomic E-state index is -0.961. The van der Waals surface area contributed by atoms with Crippen molar-refractivity contribution < 1.29 is 9.90 Å². The molecule has 0 amide bonds. The van der Waals surface area contributed by atoms with Crippen molar-refractivity contribution in [2.24, 2.45) is 7.05 Å². The first-order valence-electron chi connectivity index (χ1n) is 6.43. The molecule has 1 aromatic heterocycles. The fraction of sp³-hybridized carbons (Fsp3) is 0.333. The number of carbonyl (C=O) groups is 1. The van der Waals surface area contributed by atoms with Crippen LogP contribution >= 0.6 is 0 Å². The Kier molecular flexibility index (Phi) is 4.00. The highest BCUT2D eigenvalue weighted by Gasteiger charge is 2.15. The summed E-state index contributed by atoms with van der Waals surface area (Å²) in [6.45, 7) is 2.13. The van der Waals surface area contributed by atoms with Gasteiger partial charge in [-0.1, -0.05) is 31.2 Å². The molecule has 1 N–H and O–H groups in total. The Balaban J connectivity index is 2.09. The third-order valence-corrected chi connectivity index (χ3v) is 3.34. The average Bonchev–Trinajstić information content (AvgIpc) is 2.78. The zero-order chi connectivity index (χ0) is 13.8. The highest BCUT2D eigenvalue weighted by atomic mass is 16.4. The number of hydrogen-bond acceptors (Lipinski definition) is 2. The normalized spacial score (nSPS) is 10.6. The van der Waals surface area contributed by atoms with E-state index < -0.39 is 5.97 Å². The molecule has 4 heteroatoms. The molecule has 0 bridgehead atoms. The molecule has 2 aromatic rings. The van der Waals surface area contributed by atoms with Crippen molar-refractivity contribution in [3.8, 4) is 0 Å². The summed E-state index contributed by atoms with van der Waals surface area (Å²) >= 11 is 0. The van der Waals surface area contributed by atoms with Crippen molar-refractivity contribution >= 4 is 5.97 Å². The fourth-order valence-electron chi connectivity index (χ4n) is 2.13. The second kappa shape index (κ2) is 5.69. The van der Waals surface area contributed by atoms with Crippen molar-refractivity contribution in [2.45, 2.75) is 26.2 Å². The number of rotatable bonds is 5. The Morgan fingerprint density at radius 2 is 1.84 bits per heavy atom. The molecule has 19 heavy (non-hydrogen) atoms. The lowest BCUT2D eigenvalue weighted by atomic mass is 10.0. The van der Waals surface area contributed by atoms with Crippen molar-refractivity contribution in [2.75, 3.05) is 0 Å². The van der Waals surface area contributed by atoms with Gasteiger partial charge in [-0.3, -0.25) is 0 Å². The number of aryl methyl sites for hydroxylation is 3. The molecule has 0 spiro atoms. The van der Waals surface area contributed by atoms with Crippen molar-refractivity contribution in [3.63, 3.8) is 0 Å². The van der Waals surface area contributed by atoms with E-state index in [0.29, 0.717) is 6.42 Å². The highest BCUT2D eigenvalue weighted by molar-refractivity contribution is 5.86. The van der Waals surface area contributed by atoms with Crippen LogP contribution < -0.4 is 0 Å². The summed E-state index contributed by atoms with van der Waals surface area (Å²) in [5, 5.41) is 9.07. The van der Waals surface area contributed by atoms with Gasteiger partial charge in [-0.25, -0.2) is 9.78 Å². The topological polar surface area (TPSA) is 55.1 Å². The van der Waals surface area contributed by atoms with E-state index in [4.69, 9.17) is 5.11 Å². The summed E-state index contributed by atoms with van der Waals surface area (Å²) in [7, 11) is 1.83. The van der Waals surface area contributed by atoms with E-state index in [1.165, 1.54) is 11.1 Å². The Bertz CT molecular complexity index is 570. The second-order valence-electron chi connectivity index (χ2n) is 4.63. The van der Waals surface area contributed by atoms with Gasteiger partial charge in [0, 0.05) is 7.05 Å². The third-order valence-electron chi connectivity index (χ3n) is 3.34. The summed E-state index contributed by atoms with van der Waals surface area (Å²) < 4.78 is 1.78. The minimum Gasteiger partial charge on any atom is -0.476 e. The fourth-order valence-corrected chi connectivity index (χ4v) is 2.13. The number of aromatic nitrogens is 2. The number of carboxylic acids is 1. The quantitative estimate of drug-likeness (QED) is 0.896. The Morgan fingerprint density at radius 3 is 2.42 bits per heavy atom. The summed E-state index contributed by atoms with van der Waals surface area (Å²) in [6, 6.07) is 8.46. The molecule has 100 valence electrons. The molecule has 0 aliphatic carbocycles. The lowest BCUT2D eigenvalue weighted by molar-refractivity contribution is 0.0689. The van der Waals surface area contributed by atoms with E-state index >= 15 is 0 Å². The van der Waals surface area contributed by atoms with Crippen molar-refractivity contribution in [1.29, 1.82) is 0 Å². The molecule has 1 heterocycles. The molecule has 0 fully saturated rings. The van der Waals surface area contributed by atoms with Crippen LogP contribution in [0.4, 0.5) is 0 Å². The Hall–Kier alpha value is -2.10. The molecule has 2 rings (SSSR count). The van der Waals surface area contributed by atoms with Gasteiger partial charge in [0.15, 0.2) is 5.69 Å². The molecule has 0 atom stereocenters. The SMILES string of the molecule is CCc1ccc(CCc2c(C(=O)O)ncn2C)cc1. The molecular weight excluding hydrogens is 240 g/mol. The first kappa shape index (κ1) is 13.3. The molecule has 4 nitrogen and oxygen atoms in total. The van der Waals surface area contributed by atoms with Gasteiger partial charge in [0.05, 0.1) is 12.0 Å². The van der Waals surface area contributed by atoms with E-state index in [2.05, 4.69) is 36.2 Å².